The molecule has 1 N–H and O–H groups in total. The summed E-state index contributed by atoms with van der Waals surface area (Å²) in [4.78, 5) is 22.0. The average molecular weight is 369 g/mol. The van der Waals surface area contributed by atoms with Crippen molar-refractivity contribution in [3.63, 3.8) is 0 Å². The van der Waals surface area contributed by atoms with Crippen LogP contribution in [0.2, 0.25) is 0 Å². The largest absolute Gasteiger partial charge is 0.475 e. The number of nitrogens with zero attached hydrogens (tertiary/aromatic N) is 5. The van der Waals surface area contributed by atoms with Crippen LogP contribution >= 0.6 is 0 Å². The van der Waals surface area contributed by atoms with Gasteiger partial charge in [0, 0.05) is 6.42 Å². The average Bonchev–Trinajstić information content (AvgIpc) is 3.09. The van der Waals surface area contributed by atoms with E-state index in [0.29, 0.717) is 4.68 Å². The van der Waals surface area contributed by atoms with Crippen LogP contribution in [-0.2, 0) is 11.3 Å². The second-order valence-corrected chi connectivity index (χ2v) is 4.93. The maximum atomic E-state index is 13.0. The summed E-state index contributed by atoms with van der Waals surface area (Å²) in [5.41, 5.74) is -4.91. The first-order valence-corrected chi connectivity index (χ1v) is 6.55. The molecule has 2 rings (SSSR count). The summed E-state index contributed by atoms with van der Waals surface area (Å²) >= 11 is 0. The number of aromatic nitrogens is 2. The molecule has 0 spiro atoms. The molecule has 1 aromatic heterocycles. The van der Waals surface area contributed by atoms with Gasteiger partial charge in [0.05, 0.1) is 12.0 Å². The number of carbonyl (C=O) groups is 1. The van der Waals surface area contributed by atoms with E-state index in [9.17, 15) is 37.6 Å². The summed E-state index contributed by atoms with van der Waals surface area (Å²) in [5.74, 6) is -1.77. The maximum absolute atomic E-state index is 13.0. The minimum absolute atomic E-state index is 0.154. The Bertz CT molecular complexity index is 724. The smallest absolute Gasteiger partial charge is 0.350 e. The predicted octanol–water partition coefficient (Wildman–Crippen LogP) is 0.607. The van der Waals surface area contributed by atoms with Crippen molar-refractivity contribution < 1.29 is 37.1 Å². The quantitative estimate of drug-likeness (QED) is 0.445. The first-order valence-electron chi connectivity index (χ1n) is 6.55. The fourth-order valence-corrected chi connectivity index (χ4v) is 2.10. The monoisotopic (exact) mass is 369 g/mol. The Labute approximate surface area is 136 Å². The molecule has 1 aliphatic heterocycles. The molecule has 1 aliphatic rings. The number of hydrogen-bond donors (Lipinski definition) is 1. The minimum atomic E-state index is -3.57. The lowest BCUT2D eigenvalue weighted by atomic mass is 10.1. The lowest BCUT2D eigenvalue weighted by Gasteiger charge is -2.29. The zero-order valence-corrected chi connectivity index (χ0v) is 12.5. The number of halogens is 4. The zero-order chi connectivity index (χ0) is 18.9. The molecular formula is C11H11F4N5O5. The highest BCUT2D eigenvalue weighted by Gasteiger charge is 2.53. The summed E-state index contributed by atoms with van der Waals surface area (Å²) in [5, 5.41) is 27.1. The Kier molecular flexibility index (Phi) is 4.92. The molecular weight excluding hydrogens is 358 g/mol. The van der Waals surface area contributed by atoms with Gasteiger partial charge in [-0.1, -0.05) is 0 Å². The van der Waals surface area contributed by atoms with E-state index in [4.69, 9.17) is 0 Å². The maximum Gasteiger partial charge on any atom is 0.350 e. The van der Waals surface area contributed by atoms with Crippen molar-refractivity contribution in [1.82, 2.24) is 14.8 Å². The highest BCUT2D eigenvalue weighted by molar-refractivity contribution is 5.92. The van der Waals surface area contributed by atoms with Crippen LogP contribution in [0.1, 0.15) is 6.42 Å². The van der Waals surface area contributed by atoms with Gasteiger partial charge in [0.25, 0.3) is 18.8 Å². The third-order valence-corrected chi connectivity index (χ3v) is 3.27. The minimum Gasteiger partial charge on any atom is -0.475 e. The molecule has 0 radical (unpaired) electrons. The van der Waals surface area contributed by atoms with Gasteiger partial charge < -0.3 is 9.84 Å². The molecule has 0 unspecified atom stereocenters. The van der Waals surface area contributed by atoms with Crippen LogP contribution in [0.4, 0.5) is 23.2 Å². The summed E-state index contributed by atoms with van der Waals surface area (Å²) < 4.78 is 56.7. The van der Waals surface area contributed by atoms with Crippen molar-refractivity contribution in [3.05, 3.63) is 16.3 Å². The predicted molar refractivity (Wildman–Crippen MR) is 71.3 cm³/mol. The van der Waals surface area contributed by atoms with Crippen molar-refractivity contribution in [2.75, 3.05) is 7.11 Å². The normalized spacial score (nSPS) is 20.3. The zero-order valence-electron chi connectivity index (χ0n) is 12.5. The molecule has 138 valence electrons. The highest BCUT2D eigenvalue weighted by atomic mass is 19.3. The Balaban J connectivity index is 2.28. The highest BCUT2D eigenvalue weighted by Crippen LogP contribution is 2.33. The molecule has 0 saturated heterocycles. The Morgan fingerprint density at radius 2 is 2.16 bits per heavy atom. The van der Waals surface area contributed by atoms with E-state index >= 15 is 0 Å². The van der Waals surface area contributed by atoms with E-state index in [0.717, 1.165) is 13.3 Å². The van der Waals surface area contributed by atoms with E-state index in [2.05, 4.69) is 14.9 Å². The van der Waals surface area contributed by atoms with Gasteiger partial charge in [-0.25, -0.2) is 17.6 Å². The fourth-order valence-electron chi connectivity index (χ4n) is 2.10. The van der Waals surface area contributed by atoms with Crippen LogP contribution in [-0.4, -0.2) is 62.1 Å². The second kappa shape index (κ2) is 6.62. The molecule has 1 aromatic rings. The van der Waals surface area contributed by atoms with Gasteiger partial charge in [0.1, 0.15) is 18.5 Å². The van der Waals surface area contributed by atoms with E-state index in [1.807, 2.05) is 0 Å². The number of carbonyl (C=O) groups excluding carboxylic acids is 1. The lowest BCUT2D eigenvalue weighted by Crippen LogP contribution is -2.52. The standard InChI is InChI=1S/C11H11F4N5O5/c1-25-9-6(20(23)24)3-18(17-9)4-7(21)19-11(22,10(14)15)2-5(16-19)8(12)13/h3,8,10,22H,2,4H2,1H3/t11-/m0/s1. The molecule has 1 amide bonds. The van der Waals surface area contributed by atoms with Crippen LogP contribution in [0.25, 0.3) is 0 Å². The van der Waals surface area contributed by atoms with E-state index < -0.39 is 59.7 Å². The Morgan fingerprint density at radius 3 is 2.60 bits per heavy atom. The number of nitro groups is 1. The first kappa shape index (κ1) is 18.6. The SMILES string of the molecule is COc1nn(CC(=O)N2N=C(C(F)F)C[C@]2(O)C(F)F)cc1[N+](=O)[O-]. The fraction of sp³-hybridized carbons (Fsp3) is 0.545. The number of methoxy groups -OCH3 is 1. The molecule has 0 bridgehead atoms. The van der Waals surface area contributed by atoms with Crippen molar-refractivity contribution >= 4 is 17.3 Å². The molecule has 10 nitrogen and oxygen atoms in total. The van der Waals surface area contributed by atoms with Crippen LogP contribution < -0.4 is 4.74 Å². The molecule has 2 heterocycles. The number of amides is 1. The van der Waals surface area contributed by atoms with Crippen molar-refractivity contribution in [1.29, 1.82) is 0 Å². The van der Waals surface area contributed by atoms with Crippen molar-refractivity contribution in [2.45, 2.75) is 31.5 Å². The third kappa shape index (κ3) is 3.38. The Hall–Kier alpha value is -2.77. The van der Waals surface area contributed by atoms with Gasteiger partial charge >= 0.3 is 11.6 Å². The molecule has 0 aromatic carbocycles. The molecule has 0 aliphatic carbocycles. The lowest BCUT2D eigenvalue weighted by molar-refractivity contribution is -0.385. The number of aliphatic hydroxyl groups is 1. The number of ether oxygens (including phenoxy) is 1. The van der Waals surface area contributed by atoms with Crippen LogP contribution in [0.15, 0.2) is 11.3 Å². The van der Waals surface area contributed by atoms with Gasteiger partial charge in [0.15, 0.2) is 0 Å². The third-order valence-electron chi connectivity index (χ3n) is 3.27. The summed E-state index contributed by atoms with van der Waals surface area (Å²) in [6.07, 6.45) is -7.25. The Morgan fingerprint density at radius 1 is 1.52 bits per heavy atom. The summed E-state index contributed by atoms with van der Waals surface area (Å²) in [6.45, 7) is -0.876. The van der Waals surface area contributed by atoms with Gasteiger partial charge in [0.2, 0.25) is 5.72 Å². The number of hydrazone groups is 1. The number of alkyl halides is 4. The van der Waals surface area contributed by atoms with Gasteiger partial charge in [-0.15, -0.1) is 5.10 Å². The van der Waals surface area contributed by atoms with Gasteiger partial charge in [-0.05, 0) is 0 Å². The van der Waals surface area contributed by atoms with Crippen LogP contribution in [0, 0.1) is 10.1 Å². The van der Waals surface area contributed by atoms with Crippen LogP contribution in [0.5, 0.6) is 5.88 Å². The van der Waals surface area contributed by atoms with Gasteiger partial charge in [-0.2, -0.15) is 10.1 Å². The van der Waals surface area contributed by atoms with Crippen molar-refractivity contribution in [3.8, 4) is 5.88 Å². The molecule has 25 heavy (non-hydrogen) atoms. The molecule has 14 heteroatoms. The van der Waals surface area contributed by atoms with Gasteiger partial charge in [-0.3, -0.25) is 19.6 Å². The van der Waals surface area contributed by atoms with E-state index in [1.165, 1.54) is 0 Å². The molecule has 1 atom stereocenters. The first-order chi connectivity index (χ1) is 11.6. The van der Waals surface area contributed by atoms with Crippen molar-refractivity contribution in [2.24, 2.45) is 5.10 Å². The topological polar surface area (TPSA) is 123 Å². The number of hydrogen-bond acceptors (Lipinski definition) is 7. The summed E-state index contributed by atoms with van der Waals surface area (Å²) in [7, 11) is 1.08. The van der Waals surface area contributed by atoms with Crippen LogP contribution in [0.3, 0.4) is 0 Å². The number of rotatable bonds is 6. The molecule has 0 saturated carbocycles. The molecule has 0 fully saturated rings. The second-order valence-electron chi connectivity index (χ2n) is 4.93. The summed E-state index contributed by atoms with van der Waals surface area (Å²) in [6, 6.07) is 0. The van der Waals surface area contributed by atoms with E-state index in [-0.39, 0.29) is 5.01 Å². The van der Waals surface area contributed by atoms with E-state index in [1.54, 1.807) is 0 Å².